The molecule has 0 unspecified atom stereocenters. The van der Waals surface area contributed by atoms with E-state index < -0.39 is 24.0 Å². The van der Waals surface area contributed by atoms with Gasteiger partial charge in [0.25, 0.3) is 11.8 Å². The molecular formula is C10H13N3O6. The summed E-state index contributed by atoms with van der Waals surface area (Å²) >= 11 is 0. The summed E-state index contributed by atoms with van der Waals surface area (Å²) in [5.41, 5.74) is 1.66. The normalized spacial score (nSPS) is 13.5. The number of carbonyl (C=O) groups is 4. The Bertz CT molecular complexity index is 445. The highest BCUT2D eigenvalue weighted by Gasteiger charge is 2.32. The van der Waals surface area contributed by atoms with Crippen LogP contribution in [0.3, 0.4) is 0 Å². The molecule has 0 aromatic carbocycles. The summed E-state index contributed by atoms with van der Waals surface area (Å²) in [4.78, 5) is 45.4. The molecule has 0 saturated carbocycles. The number of imide groups is 1. The summed E-state index contributed by atoms with van der Waals surface area (Å²) in [6, 6.07) is 0. The number of nitrogens with one attached hydrogen (secondary N) is 2. The van der Waals surface area contributed by atoms with E-state index in [0.717, 1.165) is 6.08 Å². The van der Waals surface area contributed by atoms with Crippen molar-refractivity contribution in [1.29, 1.82) is 0 Å². The molecule has 0 atom stereocenters. The van der Waals surface area contributed by atoms with Crippen LogP contribution in [-0.2, 0) is 19.1 Å². The Morgan fingerprint density at radius 2 is 1.89 bits per heavy atom. The first kappa shape index (κ1) is 14.5. The van der Waals surface area contributed by atoms with Gasteiger partial charge >= 0.3 is 12.2 Å². The molecule has 1 heterocycles. The number of hydrazine groups is 1. The molecule has 0 aromatic heterocycles. The van der Waals surface area contributed by atoms with E-state index in [1.165, 1.54) is 0 Å². The summed E-state index contributed by atoms with van der Waals surface area (Å²) in [6.45, 7) is 3.23. The molecule has 0 saturated heterocycles. The second kappa shape index (κ2) is 6.38. The largest absolute Gasteiger partial charge is 0.449 e. The smallest absolute Gasteiger partial charge is 0.433 e. The first-order chi connectivity index (χ1) is 8.99. The van der Waals surface area contributed by atoms with Crippen molar-refractivity contribution in [1.82, 2.24) is 15.8 Å². The predicted molar refractivity (Wildman–Crippen MR) is 60.3 cm³/mol. The molecule has 9 heteroatoms. The number of nitrogens with zero attached hydrogens (tertiary/aromatic N) is 1. The Kier molecular flexibility index (Phi) is 4.86. The third-order valence-electron chi connectivity index (χ3n) is 1.91. The lowest BCUT2D eigenvalue weighted by Gasteiger charge is -2.21. The molecule has 0 fully saturated rings. The summed E-state index contributed by atoms with van der Waals surface area (Å²) in [7, 11) is 0. The van der Waals surface area contributed by atoms with Gasteiger partial charge < -0.3 is 9.47 Å². The quantitative estimate of drug-likeness (QED) is 0.535. The highest BCUT2D eigenvalue weighted by molar-refractivity contribution is 6.17. The summed E-state index contributed by atoms with van der Waals surface area (Å²) in [5.74, 6) is -1.52. The molecule has 9 nitrogen and oxygen atoms in total. The van der Waals surface area contributed by atoms with Gasteiger partial charge in [0.2, 0.25) is 0 Å². The van der Waals surface area contributed by atoms with E-state index in [0.29, 0.717) is 5.01 Å². The standard InChI is InChI=1S/C10H13N3O6/c1-3-18-9(16)12-13(10(17)19-4-2)6-5-7(14)11-8(6)15/h5H,3-4H2,1-2H3,(H,12,16)(H,11,14,15). The number of amides is 4. The SMILES string of the molecule is CCOC(=O)NN(C(=O)OCC)C1=CC(=O)NC1=O. The number of carbonyl (C=O) groups excluding carboxylic acids is 4. The van der Waals surface area contributed by atoms with E-state index in [9.17, 15) is 19.2 Å². The van der Waals surface area contributed by atoms with Crippen LogP contribution in [0, 0.1) is 0 Å². The van der Waals surface area contributed by atoms with E-state index in [1.807, 2.05) is 10.7 Å². The van der Waals surface area contributed by atoms with Gasteiger partial charge in [0.1, 0.15) is 5.70 Å². The highest BCUT2D eigenvalue weighted by atomic mass is 16.6. The summed E-state index contributed by atoms with van der Waals surface area (Å²) in [5, 5.41) is 2.45. The van der Waals surface area contributed by atoms with Crippen LogP contribution in [0.5, 0.6) is 0 Å². The number of hydrogen-bond donors (Lipinski definition) is 2. The van der Waals surface area contributed by atoms with Gasteiger partial charge in [-0.05, 0) is 13.8 Å². The molecule has 1 aliphatic heterocycles. The molecule has 0 radical (unpaired) electrons. The second-order valence-corrected chi connectivity index (χ2v) is 3.21. The monoisotopic (exact) mass is 271 g/mol. The Balaban J connectivity index is 2.89. The zero-order valence-corrected chi connectivity index (χ0v) is 10.4. The van der Waals surface area contributed by atoms with Crippen molar-refractivity contribution < 1.29 is 28.7 Å². The zero-order valence-electron chi connectivity index (χ0n) is 10.4. The zero-order chi connectivity index (χ0) is 14.4. The number of rotatable bonds is 3. The molecule has 0 spiro atoms. The van der Waals surface area contributed by atoms with Crippen molar-refractivity contribution in [2.45, 2.75) is 13.8 Å². The Morgan fingerprint density at radius 1 is 1.26 bits per heavy atom. The molecule has 1 rings (SSSR count). The van der Waals surface area contributed by atoms with E-state index in [2.05, 4.69) is 9.47 Å². The van der Waals surface area contributed by atoms with Crippen LogP contribution in [0.2, 0.25) is 0 Å². The van der Waals surface area contributed by atoms with Crippen molar-refractivity contribution in [2.75, 3.05) is 13.2 Å². The summed E-state index contributed by atoms with van der Waals surface area (Å²) < 4.78 is 9.24. The first-order valence-electron chi connectivity index (χ1n) is 5.46. The molecule has 0 aliphatic carbocycles. The maximum atomic E-state index is 11.6. The maximum absolute atomic E-state index is 11.6. The maximum Gasteiger partial charge on any atom is 0.433 e. The molecule has 2 N–H and O–H groups in total. The van der Waals surface area contributed by atoms with Crippen molar-refractivity contribution in [3.05, 3.63) is 11.8 Å². The average molecular weight is 271 g/mol. The van der Waals surface area contributed by atoms with Gasteiger partial charge in [-0.25, -0.2) is 15.0 Å². The predicted octanol–water partition coefficient (Wildman–Crippen LogP) is -0.354. The topological polar surface area (TPSA) is 114 Å². The fourth-order valence-electron chi connectivity index (χ4n) is 1.21. The number of ether oxygens (including phenoxy) is 2. The lowest BCUT2D eigenvalue weighted by atomic mass is 10.4. The second-order valence-electron chi connectivity index (χ2n) is 3.21. The Hall–Kier alpha value is -2.58. The van der Waals surface area contributed by atoms with Crippen molar-refractivity contribution >= 4 is 24.0 Å². The Morgan fingerprint density at radius 3 is 2.37 bits per heavy atom. The lowest BCUT2D eigenvalue weighted by molar-refractivity contribution is -0.124. The van der Waals surface area contributed by atoms with Crippen molar-refractivity contribution in [2.24, 2.45) is 0 Å². The van der Waals surface area contributed by atoms with Crippen molar-refractivity contribution in [3.8, 4) is 0 Å². The third kappa shape index (κ3) is 3.69. The van der Waals surface area contributed by atoms with Crippen LogP contribution in [0.1, 0.15) is 13.8 Å². The van der Waals surface area contributed by atoms with Crippen LogP contribution < -0.4 is 10.7 Å². The lowest BCUT2D eigenvalue weighted by Crippen LogP contribution is -2.48. The first-order valence-corrected chi connectivity index (χ1v) is 5.46. The Labute approximate surface area is 108 Å². The van der Waals surface area contributed by atoms with Crippen LogP contribution >= 0.6 is 0 Å². The molecule has 104 valence electrons. The van der Waals surface area contributed by atoms with Gasteiger partial charge in [0.05, 0.1) is 13.2 Å². The minimum Gasteiger partial charge on any atom is -0.449 e. The molecule has 4 amide bonds. The molecule has 19 heavy (non-hydrogen) atoms. The highest BCUT2D eigenvalue weighted by Crippen LogP contribution is 2.09. The number of hydrogen-bond acceptors (Lipinski definition) is 6. The summed E-state index contributed by atoms with van der Waals surface area (Å²) in [6.07, 6.45) is -1.10. The van der Waals surface area contributed by atoms with Crippen molar-refractivity contribution in [3.63, 3.8) is 0 Å². The molecule has 0 aromatic rings. The molecular weight excluding hydrogens is 258 g/mol. The molecule has 1 aliphatic rings. The van der Waals surface area contributed by atoms with Gasteiger partial charge in [0.15, 0.2) is 0 Å². The third-order valence-corrected chi connectivity index (χ3v) is 1.91. The van der Waals surface area contributed by atoms with Gasteiger partial charge in [-0.15, -0.1) is 0 Å². The average Bonchev–Trinajstić information content (AvgIpc) is 2.66. The fourth-order valence-corrected chi connectivity index (χ4v) is 1.21. The van der Waals surface area contributed by atoms with E-state index in [-0.39, 0.29) is 18.9 Å². The van der Waals surface area contributed by atoms with Crippen LogP contribution in [0.25, 0.3) is 0 Å². The minimum absolute atomic E-state index is 0.0304. The minimum atomic E-state index is -1.01. The van der Waals surface area contributed by atoms with Gasteiger partial charge in [0, 0.05) is 6.08 Å². The van der Waals surface area contributed by atoms with E-state index in [4.69, 9.17) is 0 Å². The molecule has 0 bridgehead atoms. The van der Waals surface area contributed by atoms with Crippen LogP contribution in [0.15, 0.2) is 11.8 Å². The van der Waals surface area contributed by atoms with Crippen LogP contribution in [0.4, 0.5) is 9.59 Å². The van der Waals surface area contributed by atoms with E-state index in [1.54, 1.807) is 13.8 Å². The van der Waals surface area contributed by atoms with Gasteiger partial charge in [-0.2, -0.15) is 5.01 Å². The fraction of sp³-hybridized carbons (Fsp3) is 0.400. The van der Waals surface area contributed by atoms with Gasteiger partial charge in [-0.3, -0.25) is 14.9 Å². The van der Waals surface area contributed by atoms with Crippen LogP contribution in [-0.4, -0.2) is 42.2 Å². The van der Waals surface area contributed by atoms with E-state index >= 15 is 0 Å². The van der Waals surface area contributed by atoms with Gasteiger partial charge in [-0.1, -0.05) is 0 Å².